The lowest BCUT2D eigenvalue weighted by Crippen LogP contribution is -2.30. The fourth-order valence-corrected chi connectivity index (χ4v) is 2.43. The standard InChI is InChI=1S/C19H27NO2/c1-4-15(3)18-10-6-7-11-19(18)22-16(5-2)13-20-14-17-9-8-12-21-17/h6-12,15-16,20H,4-5,13-14H2,1-3H3. The highest BCUT2D eigenvalue weighted by Gasteiger charge is 2.14. The molecule has 0 aliphatic rings. The third-order valence-corrected chi connectivity index (χ3v) is 4.06. The van der Waals surface area contributed by atoms with Gasteiger partial charge in [0.1, 0.15) is 17.6 Å². The van der Waals surface area contributed by atoms with E-state index in [1.54, 1.807) is 6.26 Å². The second-order valence-electron chi connectivity index (χ2n) is 5.71. The Balaban J connectivity index is 1.92. The number of hydrogen-bond acceptors (Lipinski definition) is 3. The van der Waals surface area contributed by atoms with Crippen LogP contribution in [0.1, 0.15) is 50.9 Å². The molecule has 3 nitrogen and oxygen atoms in total. The first-order valence-corrected chi connectivity index (χ1v) is 8.23. The molecule has 1 aromatic heterocycles. The highest BCUT2D eigenvalue weighted by atomic mass is 16.5. The van der Waals surface area contributed by atoms with Crippen LogP contribution in [0.2, 0.25) is 0 Å². The Kier molecular flexibility index (Phi) is 6.53. The molecule has 0 radical (unpaired) electrons. The number of hydrogen-bond donors (Lipinski definition) is 1. The van der Waals surface area contributed by atoms with Crippen LogP contribution in [0, 0.1) is 0 Å². The molecular weight excluding hydrogens is 274 g/mol. The fourth-order valence-electron chi connectivity index (χ4n) is 2.43. The summed E-state index contributed by atoms with van der Waals surface area (Å²) in [6, 6.07) is 12.3. The van der Waals surface area contributed by atoms with E-state index < -0.39 is 0 Å². The van der Waals surface area contributed by atoms with E-state index in [9.17, 15) is 0 Å². The van der Waals surface area contributed by atoms with Crippen LogP contribution in [-0.2, 0) is 6.54 Å². The number of ether oxygens (including phenoxy) is 1. The molecule has 1 N–H and O–H groups in total. The summed E-state index contributed by atoms with van der Waals surface area (Å²) >= 11 is 0. The van der Waals surface area contributed by atoms with Gasteiger partial charge in [-0.05, 0) is 42.5 Å². The fraction of sp³-hybridized carbons (Fsp3) is 0.474. The second-order valence-corrected chi connectivity index (χ2v) is 5.71. The van der Waals surface area contributed by atoms with Crippen LogP contribution in [0.15, 0.2) is 47.1 Å². The Morgan fingerprint density at radius 2 is 1.91 bits per heavy atom. The zero-order chi connectivity index (χ0) is 15.8. The summed E-state index contributed by atoms with van der Waals surface area (Å²) in [6.07, 6.45) is 3.96. The van der Waals surface area contributed by atoms with Crippen molar-refractivity contribution in [1.82, 2.24) is 5.32 Å². The van der Waals surface area contributed by atoms with Gasteiger partial charge in [0.15, 0.2) is 0 Å². The molecule has 2 rings (SSSR count). The summed E-state index contributed by atoms with van der Waals surface area (Å²) < 4.78 is 11.6. The lowest BCUT2D eigenvalue weighted by Gasteiger charge is -2.22. The van der Waals surface area contributed by atoms with Crippen molar-refractivity contribution in [2.45, 2.75) is 52.2 Å². The monoisotopic (exact) mass is 301 g/mol. The minimum Gasteiger partial charge on any atom is -0.489 e. The van der Waals surface area contributed by atoms with Crippen molar-refractivity contribution in [3.63, 3.8) is 0 Å². The van der Waals surface area contributed by atoms with E-state index in [0.29, 0.717) is 5.92 Å². The molecule has 0 amide bonds. The molecule has 22 heavy (non-hydrogen) atoms. The quantitative estimate of drug-likeness (QED) is 0.726. The van der Waals surface area contributed by atoms with E-state index in [1.807, 2.05) is 18.2 Å². The summed E-state index contributed by atoms with van der Waals surface area (Å²) in [5.74, 6) is 2.49. The molecule has 120 valence electrons. The Hall–Kier alpha value is -1.74. The van der Waals surface area contributed by atoms with Crippen LogP contribution >= 0.6 is 0 Å². The number of para-hydroxylation sites is 1. The Morgan fingerprint density at radius 1 is 1.09 bits per heavy atom. The largest absolute Gasteiger partial charge is 0.489 e. The minimum atomic E-state index is 0.167. The van der Waals surface area contributed by atoms with Gasteiger partial charge in [0.2, 0.25) is 0 Å². The molecule has 2 aromatic rings. The summed E-state index contributed by atoms with van der Waals surface area (Å²) in [6.45, 7) is 8.17. The Morgan fingerprint density at radius 3 is 2.59 bits per heavy atom. The molecule has 2 atom stereocenters. The van der Waals surface area contributed by atoms with Gasteiger partial charge in [0.25, 0.3) is 0 Å². The average Bonchev–Trinajstić information content (AvgIpc) is 3.07. The van der Waals surface area contributed by atoms with Crippen LogP contribution < -0.4 is 10.1 Å². The molecule has 0 aliphatic carbocycles. The number of furan rings is 1. The number of benzene rings is 1. The van der Waals surface area contributed by atoms with Crippen molar-refractivity contribution in [2.24, 2.45) is 0 Å². The molecule has 0 fully saturated rings. The first kappa shape index (κ1) is 16.6. The maximum atomic E-state index is 6.24. The third kappa shape index (κ3) is 4.63. The van der Waals surface area contributed by atoms with Crippen LogP contribution in [-0.4, -0.2) is 12.6 Å². The molecule has 2 unspecified atom stereocenters. The van der Waals surface area contributed by atoms with Crippen molar-refractivity contribution >= 4 is 0 Å². The van der Waals surface area contributed by atoms with E-state index >= 15 is 0 Å². The molecule has 0 saturated carbocycles. The van der Waals surface area contributed by atoms with E-state index in [0.717, 1.165) is 37.4 Å². The van der Waals surface area contributed by atoms with Gasteiger partial charge in [-0.2, -0.15) is 0 Å². The molecular formula is C19H27NO2. The summed E-state index contributed by atoms with van der Waals surface area (Å²) in [5.41, 5.74) is 1.30. The molecule has 3 heteroatoms. The molecule has 1 aromatic carbocycles. The normalized spacial score (nSPS) is 13.8. The molecule has 0 bridgehead atoms. The Labute approximate surface area is 133 Å². The molecule has 0 spiro atoms. The van der Waals surface area contributed by atoms with E-state index in [4.69, 9.17) is 9.15 Å². The number of rotatable bonds is 9. The van der Waals surface area contributed by atoms with Gasteiger partial charge in [-0.3, -0.25) is 0 Å². The van der Waals surface area contributed by atoms with Gasteiger partial charge in [-0.15, -0.1) is 0 Å². The average molecular weight is 301 g/mol. The van der Waals surface area contributed by atoms with Crippen LogP contribution in [0.4, 0.5) is 0 Å². The van der Waals surface area contributed by atoms with Crippen molar-refractivity contribution in [3.05, 3.63) is 54.0 Å². The number of nitrogens with one attached hydrogen (secondary N) is 1. The van der Waals surface area contributed by atoms with Crippen LogP contribution in [0.3, 0.4) is 0 Å². The zero-order valence-corrected chi connectivity index (χ0v) is 13.8. The van der Waals surface area contributed by atoms with E-state index in [1.165, 1.54) is 5.56 Å². The summed E-state index contributed by atoms with van der Waals surface area (Å²) in [7, 11) is 0. The predicted molar refractivity (Wildman–Crippen MR) is 90.3 cm³/mol. The maximum absolute atomic E-state index is 6.24. The van der Waals surface area contributed by atoms with Crippen molar-refractivity contribution < 1.29 is 9.15 Å². The van der Waals surface area contributed by atoms with Gasteiger partial charge >= 0.3 is 0 Å². The third-order valence-electron chi connectivity index (χ3n) is 4.06. The van der Waals surface area contributed by atoms with Gasteiger partial charge < -0.3 is 14.5 Å². The van der Waals surface area contributed by atoms with Crippen molar-refractivity contribution in [1.29, 1.82) is 0 Å². The van der Waals surface area contributed by atoms with Crippen molar-refractivity contribution in [2.75, 3.05) is 6.54 Å². The first-order valence-electron chi connectivity index (χ1n) is 8.23. The smallest absolute Gasteiger partial charge is 0.123 e. The van der Waals surface area contributed by atoms with Gasteiger partial charge in [0.05, 0.1) is 12.8 Å². The highest BCUT2D eigenvalue weighted by Crippen LogP contribution is 2.29. The van der Waals surface area contributed by atoms with Gasteiger partial charge in [-0.25, -0.2) is 0 Å². The van der Waals surface area contributed by atoms with E-state index in [2.05, 4.69) is 44.3 Å². The van der Waals surface area contributed by atoms with E-state index in [-0.39, 0.29) is 6.10 Å². The summed E-state index contributed by atoms with van der Waals surface area (Å²) in [4.78, 5) is 0. The SMILES string of the molecule is CCC(CNCc1ccco1)Oc1ccccc1C(C)CC. The lowest BCUT2D eigenvalue weighted by atomic mass is 9.98. The Bertz CT molecular complexity index is 536. The molecule has 1 heterocycles. The first-order chi connectivity index (χ1) is 10.7. The van der Waals surface area contributed by atoms with Crippen molar-refractivity contribution in [3.8, 4) is 5.75 Å². The second kappa shape index (κ2) is 8.64. The highest BCUT2D eigenvalue weighted by molar-refractivity contribution is 5.36. The van der Waals surface area contributed by atoms with Gasteiger partial charge in [0, 0.05) is 6.54 Å². The topological polar surface area (TPSA) is 34.4 Å². The minimum absolute atomic E-state index is 0.167. The van der Waals surface area contributed by atoms with Crippen LogP contribution in [0.25, 0.3) is 0 Å². The maximum Gasteiger partial charge on any atom is 0.123 e. The van der Waals surface area contributed by atoms with Crippen LogP contribution in [0.5, 0.6) is 5.75 Å². The predicted octanol–water partition coefficient (Wildman–Crippen LogP) is 4.74. The van der Waals surface area contributed by atoms with Gasteiger partial charge in [-0.1, -0.05) is 39.0 Å². The zero-order valence-electron chi connectivity index (χ0n) is 13.8. The lowest BCUT2D eigenvalue weighted by molar-refractivity contribution is 0.189. The summed E-state index contributed by atoms with van der Waals surface area (Å²) in [5, 5.41) is 3.40. The molecule has 0 aliphatic heterocycles. The molecule has 0 saturated heterocycles.